The number of nitrogens with one attached hydrogen (secondary N) is 1. The van der Waals surface area contributed by atoms with Gasteiger partial charge in [-0.25, -0.2) is 4.79 Å². The summed E-state index contributed by atoms with van der Waals surface area (Å²) >= 11 is 0. The molecule has 0 bridgehead atoms. The van der Waals surface area contributed by atoms with Crippen LogP contribution in [-0.2, 0) is 14.3 Å². The predicted molar refractivity (Wildman–Crippen MR) is 85.6 cm³/mol. The summed E-state index contributed by atoms with van der Waals surface area (Å²) in [6, 6.07) is 5.09. The molecule has 136 valence electrons. The molecule has 1 amide bonds. The van der Waals surface area contributed by atoms with Crippen LogP contribution in [0.15, 0.2) is 42.5 Å². The standard InChI is InChI=1S/C17H18F3NO4/c1-12(2)16(23)24-11-3-10-21-15(22)9-6-13-4-7-14(8-5-13)25-17(18,19)20/h4-9H,1,3,10-11H2,2H3,(H,21,22)/b9-6+. The quantitative estimate of drug-likeness (QED) is 0.441. The van der Waals surface area contributed by atoms with E-state index in [2.05, 4.69) is 16.6 Å². The van der Waals surface area contributed by atoms with Gasteiger partial charge in [0.2, 0.25) is 5.91 Å². The minimum atomic E-state index is -4.74. The van der Waals surface area contributed by atoms with Crippen LogP contribution in [0.4, 0.5) is 13.2 Å². The zero-order valence-electron chi connectivity index (χ0n) is 13.6. The fourth-order valence-electron chi connectivity index (χ4n) is 1.58. The Labute approximate surface area is 143 Å². The minimum absolute atomic E-state index is 0.163. The molecule has 1 aromatic rings. The third kappa shape index (κ3) is 9.19. The predicted octanol–water partition coefficient (Wildman–Crippen LogP) is 3.22. The summed E-state index contributed by atoms with van der Waals surface area (Å²) in [6.07, 6.45) is -1.59. The number of benzene rings is 1. The first kappa shape index (κ1) is 20.3. The van der Waals surface area contributed by atoms with Gasteiger partial charge in [-0.1, -0.05) is 18.7 Å². The number of alkyl halides is 3. The molecule has 0 aliphatic heterocycles. The fourth-order valence-corrected chi connectivity index (χ4v) is 1.58. The van der Waals surface area contributed by atoms with E-state index in [4.69, 9.17) is 4.74 Å². The van der Waals surface area contributed by atoms with Crippen molar-refractivity contribution in [3.05, 3.63) is 48.1 Å². The van der Waals surface area contributed by atoms with Crippen molar-refractivity contribution in [2.45, 2.75) is 19.7 Å². The van der Waals surface area contributed by atoms with Gasteiger partial charge in [-0.05, 0) is 37.1 Å². The SMILES string of the molecule is C=C(C)C(=O)OCCCNC(=O)/C=C/c1ccc(OC(F)(F)F)cc1. The number of ether oxygens (including phenoxy) is 2. The molecule has 0 saturated carbocycles. The second-order valence-corrected chi connectivity index (χ2v) is 5.01. The Morgan fingerprint density at radius 3 is 2.44 bits per heavy atom. The molecular weight excluding hydrogens is 339 g/mol. The van der Waals surface area contributed by atoms with Gasteiger partial charge in [-0.15, -0.1) is 13.2 Å². The van der Waals surface area contributed by atoms with Gasteiger partial charge in [0.25, 0.3) is 0 Å². The first-order chi connectivity index (χ1) is 11.7. The van der Waals surface area contributed by atoms with Gasteiger partial charge in [0.1, 0.15) is 5.75 Å². The van der Waals surface area contributed by atoms with Crippen LogP contribution in [0, 0.1) is 0 Å². The molecule has 1 N–H and O–H groups in total. The van der Waals surface area contributed by atoms with Crippen LogP contribution >= 0.6 is 0 Å². The van der Waals surface area contributed by atoms with Crippen molar-refractivity contribution in [2.75, 3.05) is 13.2 Å². The van der Waals surface area contributed by atoms with E-state index in [1.54, 1.807) is 0 Å². The summed E-state index contributed by atoms with van der Waals surface area (Å²) in [7, 11) is 0. The van der Waals surface area contributed by atoms with Crippen molar-refractivity contribution in [3.8, 4) is 5.75 Å². The molecule has 1 aromatic carbocycles. The summed E-state index contributed by atoms with van der Waals surface area (Å²) in [6.45, 7) is 5.45. The topological polar surface area (TPSA) is 64.6 Å². The lowest BCUT2D eigenvalue weighted by Gasteiger charge is -2.08. The highest BCUT2D eigenvalue weighted by Gasteiger charge is 2.30. The Morgan fingerprint density at radius 2 is 1.88 bits per heavy atom. The monoisotopic (exact) mass is 357 g/mol. The van der Waals surface area contributed by atoms with Crippen molar-refractivity contribution in [1.82, 2.24) is 5.32 Å². The summed E-state index contributed by atoms with van der Waals surface area (Å²) in [5.41, 5.74) is 0.846. The van der Waals surface area contributed by atoms with Crippen LogP contribution in [0.25, 0.3) is 6.08 Å². The fraction of sp³-hybridized carbons (Fsp3) is 0.294. The van der Waals surface area contributed by atoms with Crippen LogP contribution in [0.3, 0.4) is 0 Å². The Morgan fingerprint density at radius 1 is 1.24 bits per heavy atom. The molecule has 0 atom stereocenters. The molecule has 1 rings (SSSR count). The van der Waals surface area contributed by atoms with E-state index in [1.807, 2.05) is 0 Å². The van der Waals surface area contributed by atoms with Gasteiger partial charge in [0.15, 0.2) is 0 Å². The highest BCUT2D eigenvalue weighted by atomic mass is 19.4. The molecule has 0 unspecified atom stereocenters. The second kappa shape index (κ2) is 9.51. The molecule has 0 heterocycles. The van der Waals surface area contributed by atoms with Crippen LogP contribution < -0.4 is 10.1 Å². The largest absolute Gasteiger partial charge is 0.573 e. The molecule has 8 heteroatoms. The average Bonchev–Trinajstić information content (AvgIpc) is 2.52. The maximum atomic E-state index is 12.0. The third-order valence-corrected chi connectivity index (χ3v) is 2.74. The van der Waals surface area contributed by atoms with Crippen molar-refractivity contribution >= 4 is 18.0 Å². The number of esters is 1. The molecule has 0 aromatic heterocycles. The lowest BCUT2D eigenvalue weighted by Crippen LogP contribution is -2.23. The van der Waals surface area contributed by atoms with Gasteiger partial charge in [0.05, 0.1) is 6.61 Å². The molecule has 0 aliphatic carbocycles. The first-order valence-corrected chi connectivity index (χ1v) is 7.32. The molecule has 0 aliphatic rings. The van der Waals surface area contributed by atoms with Gasteiger partial charge in [-0.3, -0.25) is 4.79 Å². The molecule has 0 radical (unpaired) electrons. The van der Waals surface area contributed by atoms with Crippen LogP contribution in [0.5, 0.6) is 5.75 Å². The minimum Gasteiger partial charge on any atom is -0.462 e. The van der Waals surface area contributed by atoms with E-state index < -0.39 is 12.3 Å². The number of halogens is 3. The smallest absolute Gasteiger partial charge is 0.462 e. The Kier molecular flexibility index (Phi) is 7.71. The number of carbonyl (C=O) groups excluding carboxylic acids is 2. The van der Waals surface area contributed by atoms with Gasteiger partial charge in [0, 0.05) is 18.2 Å². The van der Waals surface area contributed by atoms with Gasteiger partial charge < -0.3 is 14.8 Å². The summed E-state index contributed by atoms with van der Waals surface area (Å²) < 4.78 is 44.7. The normalized spacial score (nSPS) is 11.2. The molecular formula is C17H18F3NO4. The number of hydrogen-bond acceptors (Lipinski definition) is 4. The molecule has 5 nitrogen and oxygen atoms in total. The van der Waals surface area contributed by atoms with Crippen molar-refractivity contribution < 1.29 is 32.2 Å². The number of rotatable bonds is 8. The van der Waals surface area contributed by atoms with Crippen molar-refractivity contribution in [3.63, 3.8) is 0 Å². The van der Waals surface area contributed by atoms with Crippen LogP contribution in [-0.4, -0.2) is 31.4 Å². The van der Waals surface area contributed by atoms with Crippen molar-refractivity contribution in [2.24, 2.45) is 0 Å². The van der Waals surface area contributed by atoms with E-state index in [-0.39, 0.29) is 18.3 Å². The highest BCUT2D eigenvalue weighted by Crippen LogP contribution is 2.22. The Hall–Kier alpha value is -2.77. The van der Waals surface area contributed by atoms with Crippen LogP contribution in [0.1, 0.15) is 18.9 Å². The zero-order chi connectivity index (χ0) is 18.9. The summed E-state index contributed by atoms with van der Waals surface area (Å²) in [4.78, 5) is 22.7. The van der Waals surface area contributed by atoms with Crippen molar-refractivity contribution in [1.29, 1.82) is 0 Å². The van der Waals surface area contributed by atoms with E-state index in [1.165, 1.54) is 31.2 Å². The van der Waals surface area contributed by atoms with E-state index >= 15 is 0 Å². The summed E-state index contributed by atoms with van der Waals surface area (Å²) in [5.74, 6) is -1.19. The zero-order valence-corrected chi connectivity index (χ0v) is 13.6. The Balaban J connectivity index is 2.32. The molecule has 0 fully saturated rings. The molecule has 25 heavy (non-hydrogen) atoms. The maximum Gasteiger partial charge on any atom is 0.573 e. The summed E-state index contributed by atoms with van der Waals surface area (Å²) in [5, 5.41) is 2.59. The Bertz CT molecular complexity index is 636. The number of hydrogen-bond donors (Lipinski definition) is 1. The first-order valence-electron chi connectivity index (χ1n) is 7.32. The number of carbonyl (C=O) groups is 2. The van der Waals surface area contributed by atoms with E-state index in [9.17, 15) is 22.8 Å². The second-order valence-electron chi connectivity index (χ2n) is 5.01. The number of amides is 1. The third-order valence-electron chi connectivity index (χ3n) is 2.74. The lowest BCUT2D eigenvalue weighted by atomic mass is 10.2. The van der Waals surface area contributed by atoms with Gasteiger partial charge >= 0.3 is 12.3 Å². The molecule has 0 saturated heterocycles. The van der Waals surface area contributed by atoms with Gasteiger partial charge in [-0.2, -0.15) is 0 Å². The highest BCUT2D eigenvalue weighted by molar-refractivity contribution is 5.91. The maximum absolute atomic E-state index is 12.0. The van der Waals surface area contributed by atoms with Crippen LogP contribution in [0.2, 0.25) is 0 Å². The average molecular weight is 357 g/mol. The van der Waals surface area contributed by atoms with E-state index in [0.717, 1.165) is 12.1 Å². The lowest BCUT2D eigenvalue weighted by molar-refractivity contribution is -0.274. The molecule has 0 spiro atoms. The van der Waals surface area contributed by atoms with E-state index in [0.29, 0.717) is 24.1 Å².